The lowest BCUT2D eigenvalue weighted by Crippen LogP contribution is -2.43. The van der Waals surface area contributed by atoms with E-state index in [1.807, 2.05) is 0 Å². The summed E-state index contributed by atoms with van der Waals surface area (Å²) in [6.07, 6.45) is 0.809. The van der Waals surface area contributed by atoms with Crippen LogP contribution < -0.4 is 16.5 Å². The molecule has 0 spiro atoms. The summed E-state index contributed by atoms with van der Waals surface area (Å²) in [6, 6.07) is 0. The van der Waals surface area contributed by atoms with Crippen LogP contribution in [0.3, 0.4) is 0 Å². The molecule has 0 aliphatic heterocycles. The summed E-state index contributed by atoms with van der Waals surface area (Å²) in [5, 5.41) is 14.1. The van der Waals surface area contributed by atoms with Crippen molar-refractivity contribution in [3.05, 3.63) is 0 Å². The average Bonchev–Trinajstić information content (AvgIpc) is 2.20. The summed E-state index contributed by atoms with van der Waals surface area (Å²) in [6.45, 7) is 7.52. The summed E-state index contributed by atoms with van der Waals surface area (Å²) in [5.74, 6) is 0. The highest BCUT2D eigenvalue weighted by atomic mass is 16.3. The van der Waals surface area contributed by atoms with Crippen LogP contribution in [0.15, 0.2) is 0 Å². The molecule has 0 aromatic rings. The molecule has 0 fully saturated rings. The van der Waals surface area contributed by atoms with Gasteiger partial charge >= 0.3 is 0 Å². The Morgan fingerprint density at radius 1 is 1.29 bits per heavy atom. The molecule has 0 rings (SSSR count). The molecule has 5 N–H and O–H groups in total. The number of hydrogen-bond acceptors (Lipinski definition) is 5. The number of rotatable bonds is 10. The highest BCUT2D eigenvalue weighted by Crippen LogP contribution is 1.85. The maximum atomic E-state index is 8.71. The molecule has 0 atom stereocenters. The van der Waals surface area contributed by atoms with Crippen molar-refractivity contribution in [1.29, 1.82) is 0 Å². The molecule has 0 amide bonds. The smallest absolute Gasteiger partial charge is 0.0443 e. The van der Waals surface area contributed by atoms with Crippen LogP contribution in [0.5, 0.6) is 0 Å². The number of hydrogen-bond donors (Lipinski definition) is 4. The van der Waals surface area contributed by atoms with Gasteiger partial charge in [-0.25, -0.2) is 5.01 Å². The third-order valence-corrected chi connectivity index (χ3v) is 1.85. The van der Waals surface area contributed by atoms with Crippen LogP contribution in [0.4, 0.5) is 0 Å². The summed E-state index contributed by atoms with van der Waals surface area (Å²) >= 11 is 0. The van der Waals surface area contributed by atoms with E-state index in [0.717, 1.165) is 39.1 Å². The van der Waals surface area contributed by atoms with Crippen LogP contribution in [0.1, 0.15) is 13.3 Å². The van der Waals surface area contributed by atoms with Crippen LogP contribution >= 0.6 is 0 Å². The van der Waals surface area contributed by atoms with Gasteiger partial charge in [-0.3, -0.25) is 5.43 Å². The maximum absolute atomic E-state index is 8.71. The highest BCUT2D eigenvalue weighted by molar-refractivity contribution is 4.55. The Hall–Kier alpha value is -0.200. The molecule has 86 valence electrons. The Morgan fingerprint density at radius 3 is 2.64 bits per heavy atom. The van der Waals surface area contributed by atoms with Gasteiger partial charge in [0.15, 0.2) is 0 Å². The van der Waals surface area contributed by atoms with Gasteiger partial charge in [0.1, 0.15) is 0 Å². The van der Waals surface area contributed by atoms with E-state index >= 15 is 0 Å². The zero-order valence-electron chi connectivity index (χ0n) is 9.13. The second-order valence-electron chi connectivity index (χ2n) is 3.11. The molecule has 5 nitrogen and oxygen atoms in total. The van der Waals surface area contributed by atoms with Gasteiger partial charge in [-0.05, 0) is 6.42 Å². The third-order valence-electron chi connectivity index (χ3n) is 1.85. The van der Waals surface area contributed by atoms with E-state index < -0.39 is 0 Å². The molecular weight excluding hydrogens is 180 g/mol. The fourth-order valence-corrected chi connectivity index (χ4v) is 1.20. The van der Waals surface area contributed by atoms with Crippen LogP contribution in [-0.2, 0) is 0 Å². The van der Waals surface area contributed by atoms with E-state index in [-0.39, 0.29) is 6.61 Å². The van der Waals surface area contributed by atoms with Crippen molar-refractivity contribution < 1.29 is 5.11 Å². The van der Waals surface area contributed by atoms with E-state index in [1.165, 1.54) is 0 Å². The summed E-state index contributed by atoms with van der Waals surface area (Å²) < 4.78 is 0. The van der Waals surface area contributed by atoms with Crippen molar-refractivity contribution in [3.8, 4) is 0 Å². The molecule has 0 heterocycles. The summed E-state index contributed by atoms with van der Waals surface area (Å²) in [4.78, 5) is 0. The Bertz CT molecular complexity index is 113. The van der Waals surface area contributed by atoms with Crippen molar-refractivity contribution in [2.75, 3.05) is 45.9 Å². The van der Waals surface area contributed by atoms with Crippen molar-refractivity contribution in [2.45, 2.75) is 13.3 Å². The Balaban J connectivity index is 3.40. The average molecular weight is 204 g/mol. The molecule has 0 radical (unpaired) electrons. The van der Waals surface area contributed by atoms with E-state index in [1.54, 1.807) is 0 Å². The lowest BCUT2D eigenvalue weighted by Gasteiger charge is -2.22. The Morgan fingerprint density at radius 2 is 2.07 bits per heavy atom. The number of hydrazine groups is 1. The highest BCUT2D eigenvalue weighted by Gasteiger charge is 2.01. The lowest BCUT2D eigenvalue weighted by atomic mass is 10.4. The molecule has 0 saturated carbocycles. The Labute approximate surface area is 86.6 Å². The number of nitrogens with two attached hydrogens (primary N) is 1. The number of aliphatic hydroxyl groups is 1. The van der Waals surface area contributed by atoms with Gasteiger partial charge < -0.3 is 16.2 Å². The zero-order valence-corrected chi connectivity index (χ0v) is 9.13. The fourth-order valence-electron chi connectivity index (χ4n) is 1.20. The van der Waals surface area contributed by atoms with Gasteiger partial charge in [-0.1, -0.05) is 6.92 Å². The lowest BCUT2D eigenvalue weighted by molar-refractivity contribution is 0.170. The number of aliphatic hydroxyl groups excluding tert-OH is 1. The van der Waals surface area contributed by atoms with E-state index in [2.05, 4.69) is 22.7 Å². The SMILES string of the molecule is CCNN(CCCO)CCNCCN. The van der Waals surface area contributed by atoms with Gasteiger partial charge in [-0.15, -0.1) is 0 Å². The molecular formula is C9H24N4O. The molecule has 0 unspecified atom stereocenters. The number of nitrogens with one attached hydrogen (secondary N) is 2. The van der Waals surface area contributed by atoms with Crippen molar-refractivity contribution in [2.24, 2.45) is 5.73 Å². The van der Waals surface area contributed by atoms with Crippen molar-refractivity contribution in [1.82, 2.24) is 15.8 Å². The van der Waals surface area contributed by atoms with Gasteiger partial charge in [0.05, 0.1) is 0 Å². The first-order valence-corrected chi connectivity index (χ1v) is 5.35. The number of nitrogens with zero attached hydrogens (tertiary/aromatic N) is 1. The van der Waals surface area contributed by atoms with Crippen LogP contribution in [0.2, 0.25) is 0 Å². The van der Waals surface area contributed by atoms with Gasteiger partial charge in [0, 0.05) is 45.9 Å². The second-order valence-corrected chi connectivity index (χ2v) is 3.11. The molecule has 0 aliphatic rings. The molecule has 14 heavy (non-hydrogen) atoms. The minimum absolute atomic E-state index is 0.248. The predicted molar refractivity (Wildman–Crippen MR) is 58.9 cm³/mol. The molecule has 5 heteroatoms. The third kappa shape index (κ3) is 8.40. The molecule has 0 aliphatic carbocycles. The van der Waals surface area contributed by atoms with Gasteiger partial charge in [-0.2, -0.15) is 0 Å². The van der Waals surface area contributed by atoms with Crippen LogP contribution in [0.25, 0.3) is 0 Å². The van der Waals surface area contributed by atoms with Crippen molar-refractivity contribution >= 4 is 0 Å². The molecule has 0 saturated heterocycles. The van der Waals surface area contributed by atoms with Gasteiger partial charge in [0.2, 0.25) is 0 Å². The van der Waals surface area contributed by atoms with E-state index in [0.29, 0.717) is 6.54 Å². The van der Waals surface area contributed by atoms with Crippen LogP contribution in [-0.4, -0.2) is 56.0 Å². The first kappa shape index (κ1) is 13.8. The topological polar surface area (TPSA) is 73.5 Å². The zero-order chi connectivity index (χ0) is 10.6. The van der Waals surface area contributed by atoms with E-state index in [4.69, 9.17) is 10.8 Å². The normalized spacial score (nSPS) is 11.1. The maximum Gasteiger partial charge on any atom is 0.0443 e. The van der Waals surface area contributed by atoms with Crippen molar-refractivity contribution in [3.63, 3.8) is 0 Å². The molecule has 0 bridgehead atoms. The molecule has 0 aromatic carbocycles. The summed E-state index contributed by atoms with van der Waals surface area (Å²) in [7, 11) is 0. The van der Waals surface area contributed by atoms with Gasteiger partial charge in [0.25, 0.3) is 0 Å². The quantitative estimate of drug-likeness (QED) is 0.264. The largest absolute Gasteiger partial charge is 0.396 e. The minimum atomic E-state index is 0.248. The monoisotopic (exact) mass is 204 g/mol. The standard InChI is InChI=1S/C9H24N4O/c1-2-12-13(7-3-9-14)8-6-11-5-4-10/h11-12,14H,2-10H2,1H3. The molecule has 0 aromatic heterocycles. The summed E-state index contributed by atoms with van der Waals surface area (Å²) in [5.41, 5.74) is 8.60. The second kappa shape index (κ2) is 10.9. The first-order chi connectivity index (χ1) is 6.85. The van der Waals surface area contributed by atoms with E-state index in [9.17, 15) is 0 Å². The Kier molecular flexibility index (Phi) is 10.7. The predicted octanol–water partition coefficient (Wildman–Crippen LogP) is -1.26. The minimum Gasteiger partial charge on any atom is -0.396 e. The van der Waals surface area contributed by atoms with Crippen LogP contribution in [0, 0.1) is 0 Å². The fraction of sp³-hybridized carbons (Fsp3) is 1.00. The first-order valence-electron chi connectivity index (χ1n) is 5.35.